The van der Waals surface area contributed by atoms with E-state index in [1.54, 1.807) is 9.47 Å². The molecule has 0 radical (unpaired) electrons. The third-order valence-electron chi connectivity index (χ3n) is 8.19. The fourth-order valence-electron chi connectivity index (χ4n) is 5.76. The normalized spacial score (nSPS) is 14.8. The Morgan fingerprint density at radius 2 is 1.40 bits per heavy atom. The van der Waals surface area contributed by atoms with Crippen LogP contribution < -0.4 is 14.2 Å². The molecule has 5 aromatic rings. The largest absolute Gasteiger partial charge is 0.748 e. The van der Waals surface area contributed by atoms with Gasteiger partial charge in [-0.3, -0.25) is 0 Å². The SMILES string of the molecule is CCC(/C=C1/Oc2ccc(-c3ccccc3)cc2N1CCS(=O)(=O)[O-])Cc1oc2ccc(-c3ccccc3)cc2[n+]1CCS(=O)(=O)[O-]. The van der Waals surface area contributed by atoms with Crippen molar-refractivity contribution in [1.82, 2.24) is 0 Å². The van der Waals surface area contributed by atoms with Gasteiger partial charge in [0, 0.05) is 12.6 Å². The maximum Gasteiger partial charge on any atom is 0.348 e. The number of oxazole rings is 1. The summed E-state index contributed by atoms with van der Waals surface area (Å²) in [6.45, 7) is 1.79. The van der Waals surface area contributed by atoms with Gasteiger partial charge in [-0.1, -0.05) is 79.7 Å². The van der Waals surface area contributed by atoms with Gasteiger partial charge in [-0.05, 0) is 58.9 Å². The van der Waals surface area contributed by atoms with Gasteiger partial charge in [-0.2, -0.15) is 4.57 Å². The molecule has 0 aliphatic carbocycles. The van der Waals surface area contributed by atoms with Crippen LogP contribution in [0.5, 0.6) is 5.75 Å². The molecular formula is C35H33N2O8S2-. The molecule has 244 valence electrons. The number of hydrogen-bond donors (Lipinski definition) is 0. The van der Waals surface area contributed by atoms with Crippen molar-refractivity contribution in [3.05, 3.63) is 115 Å². The van der Waals surface area contributed by atoms with Gasteiger partial charge in [0.05, 0.1) is 33.7 Å². The smallest absolute Gasteiger partial charge is 0.348 e. The Morgan fingerprint density at radius 1 is 0.787 bits per heavy atom. The highest BCUT2D eigenvalue weighted by atomic mass is 32.2. The second-order valence-electron chi connectivity index (χ2n) is 11.4. The van der Waals surface area contributed by atoms with Crippen LogP contribution in [0, 0.1) is 5.92 Å². The lowest BCUT2D eigenvalue weighted by Gasteiger charge is -2.21. The van der Waals surface area contributed by atoms with Gasteiger partial charge in [-0.15, -0.1) is 0 Å². The van der Waals surface area contributed by atoms with Crippen molar-refractivity contribution >= 4 is 37.0 Å². The second-order valence-corrected chi connectivity index (χ2v) is 14.4. The maximum absolute atomic E-state index is 11.7. The van der Waals surface area contributed by atoms with E-state index in [2.05, 4.69) is 0 Å². The second kappa shape index (κ2) is 13.3. The first kappa shape index (κ1) is 32.5. The monoisotopic (exact) mass is 673 g/mol. The van der Waals surface area contributed by atoms with Crippen LogP contribution in [-0.2, 0) is 33.2 Å². The van der Waals surface area contributed by atoms with E-state index in [0.717, 1.165) is 22.3 Å². The molecule has 6 rings (SSSR count). The number of rotatable bonds is 12. The van der Waals surface area contributed by atoms with E-state index in [4.69, 9.17) is 9.15 Å². The quantitative estimate of drug-likeness (QED) is 0.125. The van der Waals surface area contributed by atoms with Crippen LogP contribution in [-0.4, -0.2) is 44.0 Å². The van der Waals surface area contributed by atoms with Crippen LogP contribution in [0.2, 0.25) is 0 Å². The van der Waals surface area contributed by atoms with E-state index < -0.39 is 31.7 Å². The molecular weight excluding hydrogens is 641 g/mol. The highest BCUT2D eigenvalue weighted by molar-refractivity contribution is 7.85. The molecule has 2 heterocycles. The molecule has 1 aliphatic rings. The molecule has 0 saturated heterocycles. The van der Waals surface area contributed by atoms with Crippen molar-refractivity contribution in [1.29, 1.82) is 0 Å². The number of hydrogen-bond acceptors (Lipinski definition) is 9. The van der Waals surface area contributed by atoms with Crippen LogP contribution in [0.4, 0.5) is 5.69 Å². The van der Waals surface area contributed by atoms with Crippen molar-refractivity contribution in [3.8, 4) is 28.0 Å². The van der Waals surface area contributed by atoms with E-state index in [-0.39, 0.29) is 19.0 Å². The Balaban J connectivity index is 1.36. The predicted octanol–water partition coefficient (Wildman–Crippen LogP) is 5.45. The summed E-state index contributed by atoms with van der Waals surface area (Å²) in [4.78, 5) is 1.70. The number of aryl methyl sites for hydroxylation is 1. The molecule has 1 aromatic heterocycles. The molecule has 12 heteroatoms. The number of fused-ring (bicyclic) bond motifs is 2. The van der Waals surface area contributed by atoms with Crippen LogP contribution >= 0.6 is 0 Å². The molecule has 4 aromatic carbocycles. The molecule has 1 atom stereocenters. The summed E-state index contributed by atoms with van der Waals surface area (Å²) < 4.78 is 84.2. The van der Waals surface area contributed by atoms with Crippen LogP contribution in [0.15, 0.2) is 113 Å². The van der Waals surface area contributed by atoms with E-state index in [9.17, 15) is 25.9 Å². The molecule has 1 unspecified atom stereocenters. The number of benzene rings is 4. The average molecular weight is 674 g/mol. The topological polar surface area (TPSA) is 144 Å². The number of nitrogens with zero attached hydrogens (tertiary/aromatic N) is 2. The fourth-order valence-corrected chi connectivity index (χ4v) is 6.57. The first-order valence-electron chi connectivity index (χ1n) is 15.2. The Hall–Kier alpha value is -4.49. The van der Waals surface area contributed by atoms with E-state index in [0.29, 0.717) is 47.2 Å². The summed E-state index contributed by atoms with van der Waals surface area (Å²) in [6, 6.07) is 30.8. The lowest BCUT2D eigenvalue weighted by molar-refractivity contribution is -0.680. The standard InChI is InChI=1S/C35H34N2O8S2/c1-2-25(21-34-36(17-19-46(38,39)40)30-23-28(13-15-32(30)44-34)26-9-5-3-6-10-26)22-35-37(18-20-47(41,42)43)31-24-29(14-16-33(31)45-35)27-11-7-4-8-12-27/h3-16,21,23-25H,2,17-20,22H2,1H3,(H-,38,39,40,41,42,43)/p-1/b34-21+. The number of allylic oxidation sites excluding steroid dienone is 1. The van der Waals surface area contributed by atoms with Crippen LogP contribution in [0.3, 0.4) is 0 Å². The Labute approximate surface area is 274 Å². The van der Waals surface area contributed by atoms with Gasteiger partial charge in [-0.25, -0.2) is 16.8 Å². The summed E-state index contributed by atoms with van der Waals surface area (Å²) in [7, 11) is -9.02. The third-order valence-corrected chi connectivity index (χ3v) is 9.56. The zero-order chi connectivity index (χ0) is 33.2. The molecule has 0 saturated carbocycles. The first-order valence-corrected chi connectivity index (χ1v) is 18.4. The van der Waals surface area contributed by atoms with Crippen molar-refractivity contribution in [2.75, 3.05) is 23.0 Å². The van der Waals surface area contributed by atoms with Crippen LogP contribution in [0.1, 0.15) is 19.2 Å². The first-order chi connectivity index (χ1) is 22.5. The fraction of sp³-hybridized carbons (Fsp3) is 0.229. The number of anilines is 1. The highest BCUT2D eigenvalue weighted by Gasteiger charge is 2.30. The van der Waals surface area contributed by atoms with E-state index >= 15 is 0 Å². The summed E-state index contributed by atoms with van der Waals surface area (Å²) in [6.07, 6.45) is 2.83. The average Bonchev–Trinajstić information content (AvgIpc) is 3.58. The minimum absolute atomic E-state index is 0.0862. The number of aromatic nitrogens is 1. The zero-order valence-corrected chi connectivity index (χ0v) is 27.2. The van der Waals surface area contributed by atoms with E-state index in [1.165, 1.54) is 0 Å². The summed E-state index contributed by atoms with van der Waals surface area (Å²) in [5.41, 5.74) is 5.62. The van der Waals surface area contributed by atoms with Crippen molar-refractivity contribution < 1.29 is 39.7 Å². The lowest BCUT2D eigenvalue weighted by Crippen LogP contribution is -2.40. The van der Waals surface area contributed by atoms with Gasteiger partial charge in [0.25, 0.3) is 5.52 Å². The summed E-state index contributed by atoms with van der Waals surface area (Å²) >= 11 is 0. The van der Waals surface area contributed by atoms with Gasteiger partial charge in [0.15, 0.2) is 18.2 Å². The molecule has 0 spiro atoms. The summed E-state index contributed by atoms with van der Waals surface area (Å²) in [5.74, 6) is -0.0291. The van der Waals surface area contributed by atoms with Crippen LogP contribution in [0.25, 0.3) is 33.4 Å². The van der Waals surface area contributed by atoms with Crippen molar-refractivity contribution in [2.24, 2.45) is 5.92 Å². The molecule has 47 heavy (non-hydrogen) atoms. The molecule has 0 amide bonds. The summed E-state index contributed by atoms with van der Waals surface area (Å²) in [5, 5.41) is 0. The predicted molar refractivity (Wildman–Crippen MR) is 176 cm³/mol. The maximum atomic E-state index is 11.7. The molecule has 0 bridgehead atoms. The van der Waals surface area contributed by atoms with Crippen molar-refractivity contribution in [3.63, 3.8) is 0 Å². The minimum Gasteiger partial charge on any atom is -0.748 e. The van der Waals surface area contributed by atoms with E-state index in [1.807, 2.05) is 110 Å². The molecule has 0 N–H and O–H groups in total. The third kappa shape index (κ3) is 7.74. The van der Waals surface area contributed by atoms with Gasteiger partial charge in [0.2, 0.25) is 5.58 Å². The van der Waals surface area contributed by atoms with Gasteiger partial charge in [0.1, 0.15) is 10.1 Å². The van der Waals surface area contributed by atoms with Gasteiger partial charge >= 0.3 is 5.89 Å². The molecule has 0 fully saturated rings. The number of ether oxygens (including phenoxy) is 1. The Kier molecular flexibility index (Phi) is 9.20. The zero-order valence-electron chi connectivity index (χ0n) is 25.6. The lowest BCUT2D eigenvalue weighted by atomic mass is 10.0. The molecule has 1 aliphatic heterocycles. The Bertz CT molecular complexity index is 2150. The molecule has 10 nitrogen and oxygen atoms in total. The van der Waals surface area contributed by atoms with Crippen molar-refractivity contribution in [2.45, 2.75) is 26.3 Å². The Morgan fingerprint density at radius 3 is 2.02 bits per heavy atom. The minimum atomic E-state index is -4.51. The van der Waals surface area contributed by atoms with Gasteiger partial charge < -0.3 is 23.2 Å². The highest BCUT2D eigenvalue weighted by Crippen LogP contribution is 2.42.